The molecular formula is C17H19NO3. The highest BCUT2D eigenvalue weighted by Gasteiger charge is 2.13. The van der Waals surface area contributed by atoms with Crippen molar-refractivity contribution in [1.29, 1.82) is 0 Å². The molecule has 0 aliphatic rings. The molecule has 110 valence electrons. The summed E-state index contributed by atoms with van der Waals surface area (Å²) in [5.41, 5.74) is 3.17. The number of carboxylic acids is 1. The lowest BCUT2D eigenvalue weighted by Crippen LogP contribution is -2.17. The number of hydrogen-bond donors (Lipinski definition) is 2. The number of carbonyl (C=O) groups is 1. The first-order valence-corrected chi connectivity index (χ1v) is 6.76. The minimum absolute atomic E-state index is 0.0288. The molecule has 0 spiro atoms. The SMILES string of the molecule is COCC(Nc1cc(C(=O)O)ccc1C)c1ccccc1. The minimum atomic E-state index is -0.930. The van der Waals surface area contributed by atoms with Crippen molar-refractivity contribution in [3.05, 3.63) is 65.2 Å². The summed E-state index contributed by atoms with van der Waals surface area (Å²) in [7, 11) is 1.65. The minimum Gasteiger partial charge on any atom is -0.478 e. The lowest BCUT2D eigenvalue weighted by Gasteiger charge is -2.21. The van der Waals surface area contributed by atoms with E-state index >= 15 is 0 Å². The van der Waals surface area contributed by atoms with Gasteiger partial charge in [0.25, 0.3) is 0 Å². The third-order valence-electron chi connectivity index (χ3n) is 3.35. The number of aromatic carboxylic acids is 1. The molecule has 1 unspecified atom stereocenters. The van der Waals surface area contributed by atoms with E-state index < -0.39 is 5.97 Å². The summed E-state index contributed by atoms with van der Waals surface area (Å²) in [6.07, 6.45) is 0. The van der Waals surface area contributed by atoms with E-state index in [1.165, 1.54) is 0 Å². The zero-order chi connectivity index (χ0) is 15.2. The Bertz CT molecular complexity index is 611. The number of anilines is 1. The van der Waals surface area contributed by atoms with Crippen LogP contribution < -0.4 is 5.32 Å². The van der Waals surface area contributed by atoms with E-state index in [1.807, 2.05) is 37.3 Å². The fourth-order valence-corrected chi connectivity index (χ4v) is 2.17. The molecule has 2 rings (SSSR count). The van der Waals surface area contributed by atoms with Crippen LogP contribution in [0, 0.1) is 6.92 Å². The summed E-state index contributed by atoms with van der Waals surface area (Å²) in [5.74, 6) is -0.930. The standard InChI is InChI=1S/C17H19NO3/c1-12-8-9-14(17(19)20)10-15(12)18-16(11-21-2)13-6-4-3-5-7-13/h3-10,16,18H,11H2,1-2H3,(H,19,20). The number of carboxylic acid groups (broad SMARTS) is 1. The van der Waals surface area contributed by atoms with Gasteiger partial charge in [-0.15, -0.1) is 0 Å². The maximum absolute atomic E-state index is 11.1. The molecule has 0 amide bonds. The van der Waals surface area contributed by atoms with Crippen LogP contribution in [0.2, 0.25) is 0 Å². The van der Waals surface area contributed by atoms with Gasteiger partial charge in [0.1, 0.15) is 0 Å². The number of hydrogen-bond acceptors (Lipinski definition) is 3. The average Bonchev–Trinajstić information content (AvgIpc) is 2.49. The van der Waals surface area contributed by atoms with Gasteiger partial charge < -0.3 is 15.2 Å². The quantitative estimate of drug-likeness (QED) is 0.853. The second-order valence-electron chi connectivity index (χ2n) is 4.90. The molecule has 0 saturated heterocycles. The van der Waals surface area contributed by atoms with Crippen molar-refractivity contribution in [2.45, 2.75) is 13.0 Å². The molecule has 0 bridgehead atoms. The van der Waals surface area contributed by atoms with Crippen LogP contribution in [0.1, 0.15) is 27.5 Å². The van der Waals surface area contributed by atoms with Crippen molar-refractivity contribution >= 4 is 11.7 Å². The lowest BCUT2D eigenvalue weighted by molar-refractivity contribution is 0.0697. The Morgan fingerprint density at radius 3 is 2.57 bits per heavy atom. The van der Waals surface area contributed by atoms with Crippen molar-refractivity contribution in [3.63, 3.8) is 0 Å². The largest absolute Gasteiger partial charge is 0.478 e. The first kappa shape index (κ1) is 15.1. The highest BCUT2D eigenvalue weighted by molar-refractivity contribution is 5.89. The van der Waals surface area contributed by atoms with Crippen molar-refractivity contribution in [2.75, 3.05) is 19.0 Å². The fourth-order valence-electron chi connectivity index (χ4n) is 2.17. The Balaban J connectivity index is 2.28. The van der Waals surface area contributed by atoms with E-state index in [4.69, 9.17) is 9.84 Å². The average molecular weight is 285 g/mol. The van der Waals surface area contributed by atoms with Crippen LogP contribution in [0.5, 0.6) is 0 Å². The van der Waals surface area contributed by atoms with Gasteiger partial charge in [-0.2, -0.15) is 0 Å². The normalized spacial score (nSPS) is 11.9. The Morgan fingerprint density at radius 2 is 1.95 bits per heavy atom. The molecule has 4 nitrogen and oxygen atoms in total. The predicted octanol–water partition coefficient (Wildman–Crippen LogP) is 3.49. The van der Waals surface area contributed by atoms with Crippen molar-refractivity contribution in [1.82, 2.24) is 0 Å². The summed E-state index contributed by atoms with van der Waals surface area (Å²) in [5, 5.41) is 12.5. The van der Waals surface area contributed by atoms with Crippen LogP contribution in [0.15, 0.2) is 48.5 Å². The summed E-state index contributed by atoms with van der Waals surface area (Å²) >= 11 is 0. The summed E-state index contributed by atoms with van der Waals surface area (Å²) in [6, 6.07) is 15.0. The van der Waals surface area contributed by atoms with E-state index in [9.17, 15) is 4.79 Å². The lowest BCUT2D eigenvalue weighted by atomic mass is 10.1. The maximum Gasteiger partial charge on any atom is 0.335 e. The van der Waals surface area contributed by atoms with E-state index in [-0.39, 0.29) is 11.6 Å². The van der Waals surface area contributed by atoms with E-state index in [0.717, 1.165) is 16.8 Å². The summed E-state index contributed by atoms with van der Waals surface area (Å²) in [4.78, 5) is 11.1. The summed E-state index contributed by atoms with van der Waals surface area (Å²) in [6.45, 7) is 2.45. The molecule has 0 aliphatic carbocycles. The molecule has 1 atom stereocenters. The zero-order valence-corrected chi connectivity index (χ0v) is 12.2. The second-order valence-corrected chi connectivity index (χ2v) is 4.90. The molecule has 21 heavy (non-hydrogen) atoms. The number of ether oxygens (including phenoxy) is 1. The first-order chi connectivity index (χ1) is 10.1. The van der Waals surface area contributed by atoms with Crippen molar-refractivity contribution in [3.8, 4) is 0 Å². The van der Waals surface area contributed by atoms with Gasteiger partial charge in [-0.05, 0) is 30.2 Å². The molecule has 0 aromatic heterocycles. The van der Waals surface area contributed by atoms with Crippen LogP contribution in [0.3, 0.4) is 0 Å². The second kappa shape index (κ2) is 6.90. The van der Waals surface area contributed by atoms with E-state index in [1.54, 1.807) is 25.3 Å². The fraction of sp³-hybridized carbons (Fsp3) is 0.235. The summed E-state index contributed by atoms with van der Waals surface area (Å²) < 4.78 is 5.27. The van der Waals surface area contributed by atoms with Crippen molar-refractivity contribution < 1.29 is 14.6 Å². The number of rotatable bonds is 6. The van der Waals surface area contributed by atoms with Crippen LogP contribution >= 0.6 is 0 Å². The molecule has 0 radical (unpaired) electrons. The van der Waals surface area contributed by atoms with E-state index in [0.29, 0.717) is 6.61 Å². The van der Waals surface area contributed by atoms with Crippen LogP contribution in [-0.4, -0.2) is 24.8 Å². The molecule has 2 aromatic rings. The van der Waals surface area contributed by atoms with Gasteiger partial charge in [0.05, 0.1) is 18.2 Å². The maximum atomic E-state index is 11.1. The molecule has 0 heterocycles. The monoisotopic (exact) mass is 285 g/mol. The highest BCUT2D eigenvalue weighted by atomic mass is 16.5. The number of aryl methyl sites for hydroxylation is 1. The van der Waals surface area contributed by atoms with Crippen LogP contribution in [-0.2, 0) is 4.74 Å². The molecule has 4 heteroatoms. The molecule has 2 N–H and O–H groups in total. The Morgan fingerprint density at radius 1 is 1.24 bits per heavy atom. The number of methoxy groups -OCH3 is 1. The Hall–Kier alpha value is -2.33. The number of nitrogens with one attached hydrogen (secondary N) is 1. The van der Waals surface area contributed by atoms with E-state index in [2.05, 4.69) is 5.32 Å². The third-order valence-corrected chi connectivity index (χ3v) is 3.35. The van der Waals surface area contributed by atoms with Gasteiger partial charge in [0.15, 0.2) is 0 Å². The highest BCUT2D eigenvalue weighted by Crippen LogP contribution is 2.24. The Labute approximate surface area is 124 Å². The number of benzene rings is 2. The smallest absolute Gasteiger partial charge is 0.335 e. The topological polar surface area (TPSA) is 58.6 Å². The van der Waals surface area contributed by atoms with Gasteiger partial charge in [-0.1, -0.05) is 36.4 Å². The van der Waals surface area contributed by atoms with Gasteiger partial charge in [-0.3, -0.25) is 0 Å². The van der Waals surface area contributed by atoms with Gasteiger partial charge in [0.2, 0.25) is 0 Å². The third kappa shape index (κ3) is 3.83. The van der Waals surface area contributed by atoms with Crippen LogP contribution in [0.4, 0.5) is 5.69 Å². The van der Waals surface area contributed by atoms with Gasteiger partial charge in [-0.25, -0.2) is 4.79 Å². The Kier molecular flexibility index (Phi) is 4.95. The molecule has 0 fully saturated rings. The van der Waals surface area contributed by atoms with Gasteiger partial charge in [0, 0.05) is 12.8 Å². The molecule has 0 saturated carbocycles. The van der Waals surface area contributed by atoms with Crippen molar-refractivity contribution in [2.24, 2.45) is 0 Å². The first-order valence-electron chi connectivity index (χ1n) is 6.76. The zero-order valence-electron chi connectivity index (χ0n) is 12.2. The van der Waals surface area contributed by atoms with Gasteiger partial charge >= 0.3 is 5.97 Å². The molecule has 0 aliphatic heterocycles. The molecule has 2 aromatic carbocycles. The molecular weight excluding hydrogens is 266 g/mol. The van der Waals surface area contributed by atoms with Crippen LogP contribution in [0.25, 0.3) is 0 Å². The predicted molar refractivity (Wildman–Crippen MR) is 82.8 cm³/mol.